The minimum absolute atomic E-state index is 0.310. The molecule has 16 heavy (non-hydrogen) atoms. The zero-order chi connectivity index (χ0) is 11.7. The Kier molecular flexibility index (Phi) is 2.64. The number of nitrogens with one attached hydrogen (secondary N) is 2. The maximum Gasteiger partial charge on any atom is 0.259 e. The summed E-state index contributed by atoms with van der Waals surface area (Å²) in [4.78, 5) is 22.7. The van der Waals surface area contributed by atoms with Gasteiger partial charge in [0.1, 0.15) is 0 Å². The maximum absolute atomic E-state index is 11.4. The maximum atomic E-state index is 11.4. The average molecular weight is 218 g/mol. The highest BCUT2D eigenvalue weighted by Crippen LogP contribution is 2.20. The minimum atomic E-state index is -0.312. The Labute approximate surface area is 94.0 Å². The average Bonchev–Trinajstić information content (AvgIpc) is 2.52. The van der Waals surface area contributed by atoms with Crippen LogP contribution in [0.4, 0.5) is 5.69 Å². The molecule has 0 bridgehead atoms. The lowest BCUT2D eigenvalue weighted by atomic mass is 10.1. The van der Waals surface area contributed by atoms with Gasteiger partial charge < -0.3 is 5.32 Å². The first kappa shape index (κ1) is 10.7. The second kappa shape index (κ2) is 3.96. The van der Waals surface area contributed by atoms with Gasteiger partial charge in [0.05, 0.1) is 11.1 Å². The van der Waals surface area contributed by atoms with Crippen molar-refractivity contribution in [3.05, 3.63) is 29.3 Å². The Morgan fingerprint density at radius 3 is 2.56 bits per heavy atom. The van der Waals surface area contributed by atoms with E-state index in [2.05, 4.69) is 24.5 Å². The van der Waals surface area contributed by atoms with Crippen LogP contribution < -0.4 is 10.6 Å². The van der Waals surface area contributed by atoms with Crippen LogP contribution in [0.25, 0.3) is 0 Å². The molecule has 0 atom stereocenters. The van der Waals surface area contributed by atoms with Crippen LogP contribution in [0, 0.1) is 5.92 Å². The molecule has 0 fully saturated rings. The molecule has 4 heteroatoms. The van der Waals surface area contributed by atoms with E-state index in [0.29, 0.717) is 17.0 Å². The Bertz CT molecular complexity index is 452. The lowest BCUT2D eigenvalue weighted by Gasteiger charge is -2.09. The topological polar surface area (TPSA) is 58.2 Å². The fraction of sp³-hybridized carbons (Fsp3) is 0.333. The van der Waals surface area contributed by atoms with Gasteiger partial charge in [0, 0.05) is 12.2 Å². The van der Waals surface area contributed by atoms with E-state index in [-0.39, 0.29) is 11.8 Å². The van der Waals surface area contributed by atoms with Crippen molar-refractivity contribution in [2.75, 3.05) is 11.9 Å². The summed E-state index contributed by atoms with van der Waals surface area (Å²) >= 11 is 0. The summed E-state index contributed by atoms with van der Waals surface area (Å²) in [6, 6.07) is 5.22. The molecule has 2 rings (SSSR count). The third kappa shape index (κ3) is 1.91. The van der Waals surface area contributed by atoms with Crippen LogP contribution in [0.1, 0.15) is 34.6 Å². The van der Waals surface area contributed by atoms with Crippen LogP contribution in [0.15, 0.2) is 18.2 Å². The first-order valence-electron chi connectivity index (χ1n) is 5.31. The van der Waals surface area contributed by atoms with Gasteiger partial charge in [0.25, 0.3) is 11.8 Å². The molecule has 0 unspecified atom stereocenters. The van der Waals surface area contributed by atoms with Crippen LogP contribution >= 0.6 is 0 Å². The molecule has 0 saturated carbocycles. The molecule has 1 heterocycles. The fourth-order valence-corrected chi connectivity index (χ4v) is 1.60. The second-order valence-electron chi connectivity index (χ2n) is 4.32. The molecule has 1 aromatic rings. The SMILES string of the molecule is CC(C)CNc1ccc2c(c1)C(=O)NC2=O. The molecule has 0 saturated heterocycles. The summed E-state index contributed by atoms with van der Waals surface area (Å²) in [6.45, 7) is 5.06. The van der Waals surface area contributed by atoms with E-state index < -0.39 is 0 Å². The van der Waals surface area contributed by atoms with Gasteiger partial charge in [-0.05, 0) is 24.1 Å². The van der Waals surface area contributed by atoms with Crippen LogP contribution in [-0.2, 0) is 0 Å². The molecule has 1 aliphatic heterocycles. The Hall–Kier alpha value is -1.84. The van der Waals surface area contributed by atoms with Crippen molar-refractivity contribution in [1.82, 2.24) is 5.32 Å². The number of hydrogen-bond donors (Lipinski definition) is 2. The van der Waals surface area contributed by atoms with Crippen molar-refractivity contribution in [3.8, 4) is 0 Å². The van der Waals surface area contributed by atoms with Crippen molar-refractivity contribution >= 4 is 17.5 Å². The summed E-state index contributed by atoms with van der Waals surface area (Å²) in [7, 11) is 0. The highest BCUT2D eigenvalue weighted by molar-refractivity contribution is 6.21. The number of amides is 2. The zero-order valence-electron chi connectivity index (χ0n) is 9.33. The molecule has 4 nitrogen and oxygen atoms in total. The second-order valence-corrected chi connectivity index (χ2v) is 4.32. The third-order valence-electron chi connectivity index (χ3n) is 2.45. The van der Waals surface area contributed by atoms with Crippen LogP contribution in [0.2, 0.25) is 0 Å². The molecular weight excluding hydrogens is 204 g/mol. The van der Waals surface area contributed by atoms with Crippen molar-refractivity contribution in [1.29, 1.82) is 0 Å². The number of imide groups is 1. The molecule has 1 aromatic carbocycles. The highest BCUT2D eigenvalue weighted by atomic mass is 16.2. The summed E-state index contributed by atoms with van der Waals surface area (Å²) in [5, 5.41) is 5.49. The van der Waals surface area contributed by atoms with E-state index in [4.69, 9.17) is 0 Å². The molecule has 0 radical (unpaired) electrons. The molecule has 0 spiro atoms. The molecule has 2 amide bonds. The van der Waals surface area contributed by atoms with Gasteiger partial charge >= 0.3 is 0 Å². The normalized spacial score (nSPS) is 13.9. The number of hydrogen-bond acceptors (Lipinski definition) is 3. The van der Waals surface area contributed by atoms with Crippen molar-refractivity contribution in [3.63, 3.8) is 0 Å². The van der Waals surface area contributed by atoms with Crippen LogP contribution in [0.3, 0.4) is 0 Å². The first-order valence-corrected chi connectivity index (χ1v) is 5.31. The molecular formula is C12H14N2O2. The van der Waals surface area contributed by atoms with E-state index in [1.54, 1.807) is 12.1 Å². The van der Waals surface area contributed by atoms with Gasteiger partial charge in [0.15, 0.2) is 0 Å². The van der Waals surface area contributed by atoms with E-state index in [1.165, 1.54) is 0 Å². The zero-order valence-corrected chi connectivity index (χ0v) is 9.33. The van der Waals surface area contributed by atoms with Gasteiger partial charge in [0.2, 0.25) is 0 Å². The number of carbonyl (C=O) groups excluding carboxylic acids is 2. The predicted molar refractivity (Wildman–Crippen MR) is 61.6 cm³/mol. The van der Waals surface area contributed by atoms with Crippen LogP contribution in [0.5, 0.6) is 0 Å². The lowest BCUT2D eigenvalue weighted by molar-refractivity contribution is 0.0879. The monoisotopic (exact) mass is 218 g/mol. The van der Waals surface area contributed by atoms with Gasteiger partial charge in [-0.3, -0.25) is 14.9 Å². The Morgan fingerprint density at radius 2 is 1.88 bits per heavy atom. The smallest absolute Gasteiger partial charge is 0.259 e. The number of benzene rings is 1. The summed E-state index contributed by atoms with van der Waals surface area (Å²) in [5.74, 6) is -0.0904. The largest absolute Gasteiger partial charge is 0.385 e. The Morgan fingerprint density at radius 1 is 1.19 bits per heavy atom. The molecule has 0 aliphatic carbocycles. The van der Waals surface area contributed by atoms with Crippen molar-refractivity contribution < 1.29 is 9.59 Å². The van der Waals surface area contributed by atoms with Gasteiger partial charge in [-0.1, -0.05) is 13.8 Å². The number of fused-ring (bicyclic) bond motifs is 1. The summed E-state index contributed by atoms with van der Waals surface area (Å²) in [5.41, 5.74) is 1.79. The lowest BCUT2D eigenvalue weighted by Crippen LogP contribution is -2.19. The number of anilines is 1. The molecule has 0 aromatic heterocycles. The van der Waals surface area contributed by atoms with Gasteiger partial charge in [-0.15, -0.1) is 0 Å². The Balaban J connectivity index is 2.23. The molecule has 84 valence electrons. The molecule has 1 aliphatic rings. The first-order chi connectivity index (χ1) is 7.58. The predicted octanol–water partition coefficient (Wildman–Crippen LogP) is 1.64. The fourth-order valence-electron chi connectivity index (χ4n) is 1.60. The van der Waals surface area contributed by atoms with Crippen LogP contribution in [-0.4, -0.2) is 18.4 Å². The van der Waals surface area contributed by atoms with Gasteiger partial charge in [-0.25, -0.2) is 0 Å². The standard InChI is InChI=1S/C12H14N2O2/c1-7(2)6-13-8-3-4-9-10(5-8)12(16)14-11(9)15/h3-5,7,13H,6H2,1-2H3,(H,14,15,16). The van der Waals surface area contributed by atoms with E-state index in [0.717, 1.165) is 12.2 Å². The minimum Gasteiger partial charge on any atom is -0.385 e. The van der Waals surface area contributed by atoms with E-state index in [9.17, 15) is 9.59 Å². The summed E-state index contributed by atoms with van der Waals surface area (Å²) < 4.78 is 0. The quantitative estimate of drug-likeness (QED) is 0.758. The van der Waals surface area contributed by atoms with E-state index >= 15 is 0 Å². The number of rotatable bonds is 3. The number of carbonyl (C=O) groups is 2. The highest BCUT2D eigenvalue weighted by Gasteiger charge is 2.26. The molecule has 2 N–H and O–H groups in total. The summed E-state index contributed by atoms with van der Waals surface area (Å²) in [6.07, 6.45) is 0. The van der Waals surface area contributed by atoms with E-state index in [1.807, 2.05) is 6.07 Å². The van der Waals surface area contributed by atoms with Gasteiger partial charge in [-0.2, -0.15) is 0 Å². The van der Waals surface area contributed by atoms with Crippen molar-refractivity contribution in [2.45, 2.75) is 13.8 Å². The third-order valence-corrected chi connectivity index (χ3v) is 2.45. The van der Waals surface area contributed by atoms with Crippen molar-refractivity contribution in [2.24, 2.45) is 5.92 Å².